The summed E-state index contributed by atoms with van der Waals surface area (Å²) in [5, 5.41) is 4.21. The third-order valence-corrected chi connectivity index (χ3v) is 4.45. The van der Waals surface area contributed by atoms with Crippen LogP contribution < -0.4 is 5.56 Å². The zero-order valence-electron chi connectivity index (χ0n) is 11.8. The van der Waals surface area contributed by atoms with Crippen LogP contribution >= 0.6 is 0 Å². The Bertz CT molecular complexity index is 569. The third kappa shape index (κ3) is 3.30. The first-order chi connectivity index (χ1) is 9.95. The first-order valence-electron chi connectivity index (χ1n) is 7.64. The summed E-state index contributed by atoms with van der Waals surface area (Å²) in [6, 6.07) is 0.956. The molecule has 0 saturated heterocycles. The molecule has 6 heteroatoms. The molecule has 0 amide bonds. The molecule has 0 aliphatic heterocycles. The molecule has 3 rings (SSSR count). The lowest BCUT2D eigenvalue weighted by Gasteiger charge is -2.22. The number of halogens is 3. The number of hydrogen-bond donors (Lipinski definition) is 0. The van der Waals surface area contributed by atoms with Gasteiger partial charge in [0.25, 0.3) is 5.56 Å². The molecule has 0 N–H and O–H groups in total. The largest absolute Gasteiger partial charge is 0.421 e. The van der Waals surface area contributed by atoms with Crippen molar-refractivity contribution in [2.75, 3.05) is 0 Å². The van der Waals surface area contributed by atoms with E-state index in [-0.39, 0.29) is 11.8 Å². The fraction of sp³-hybridized carbons (Fsp3) is 0.733. The predicted molar refractivity (Wildman–Crippen MR) is 72.0 cm³/mol. The summed E-state index contributed by atoms with van der Waals surface area (Å²) in [4.78, 5) is 12.1. The lowest BCUT2D eigenvalue weighted by molar-refractivity contribution is -0.139. The van der Waals surface area contributed by atoms with Crippen LogP contribution in [0.4, 0.5) is 13.2 Å². The van der Waals surface area contributed by atoms with Crippen molar-refractivity contribution in [1.82, 2.24) is 9.78 Å². The molecule has 116 valence electrons. The van der Waals surface area contributed by atoms with Gasteiger partial charge in [-0.05, 0) is 37.7 Å². The van der Waals surface area contributed by atoms with Crippen molar-refractivity contribution in [3.8, 4) is 0 Å². The number of hydrogen-bond acceptors (Lipinski definition) is 2. The van der Waals surface area contributed by atoms with Crippen molar-refractivity contribution in [3.63, 3.8) is 0 Å². The molecule has 2 aliphatic carbocycles. The van der Waals surface area contributed by atoms with E-state index in [4.69, 9.17) is 0 Å². The smallest absolute Gasteiger partial charge is 0.267 e. The van der Waals surface area contributed by atoms with Gasteiger partial charge in [0.1, 0.15) is 5.56 Å². The normalized spacial score (nSPS) is 20.7. The SMILES string of the molecule is O=c1c(C(F)(F)F)cc(C2CC2)nn1CC1CCCCC1. The van der Waals surface area contributed by atoms with Crippen LogP contribution in [0.1, 0.15) is 62.1 Å². The van der Waals surface area contributed by atoms with Crippen LogP contribution in [-0.4, -0.2) is 9.78 Å². The van der Waals surface area contributed by atoms with E-state index in [9.17, 15) is 18.0 Å². The lowest BCUT2D eigenvalue weighted by Crippen LogP contribution is -2.33. The molecular formula is C15H19F3N2O. The second kappa shape index (κ2) is 5.46. The van der Waals surface area contributed by atoms with Crippen LogP contribution in [-0.2, 0) is 12.7 Å². The summed E-state index contributed by atoms with van der Waals surface area (Å²) in [6.07, 6.45) is 2.44. The highest BCUT2D eigenvalue weighted by molar-refractivity contribution is 5.22. The lowest BCUT2D eigenvalue weighted by atomic mass is 9.89. The molecule has 21 heavy (non-hydrogen) atoms. The molecular weight excluding hydrogens is 281 g/mol. The van der Waals surface area contributed by atoms with Gasteiger partial charge in [-0.1, -0.05) is 19.3 Å². The molecule has 1 heterocycles. The minimum Gasteiger partial charge on any atom is -0.267 e. The Hall–Kier alpha value is -1.33. The van der Waals surface area contributed by atoms with E-state index in [2.05, 4.69) is 5.10 Å². The van der Waals surface area contributed by atoms with Crippen molar-refractivity contribution < 1.29 is 13.2 Å². The molecule has 0 aromatic carbocycles. The maximum Gasteiger partial charge on any atom is 0.421 e. The van der Waals surface area contributed by atoms with Gasteiger partial charge in [0.15, 0.2) is 0 Å². The van der Waals surface area contributed by atoms with Gasteiger partial charge in [-0.25, -0.2) is 4.68 Å². The highest BCUT2D eigenvalue weighted by Crippen LogP contribution is 2.40. The van der Waals surface area contributed by atoms with Crippen LogP contribution in [0.25, 0.3) is 0 Å². The maximum absolute atomic E-state index is 13.0. The van der Waals surface area contributed by atoms with Crippen LogP contribution in [0.3, 0.4) is 0 Å². The van der Waals surface area contributed by atoms with Gasteiger partial charge >= 0.3 is 6.18 Å². The fourth-order valence-electron chi connectivity index (χ4n) is 3.08. The summed E-state index contributed by atoms with van der Waals surface area (Å²) in [7, 11) is 0. The van der Waals surface area contributed by atoms with E-state index in [1.807, 2.05) is 0 Å². The maximum atomic E-state index is 13.0. The quantitative estimate of drug-likeness (QED) is 0.852. The number of nitrogens with zero attached hydrogens (tertiary/aromatic N) is 2. The molecule has 0 unspecified atom stereocenters. The molecule has 2 fully saturated rings. The van der Waals surface area contributed by atoms with Crippen molar-refractivity contribution in [3.05, 3.63) is 27.7 Å². The second-order valence-corrected chi connectivity index (χ2v) is 6.25. The van der Waals surface area contributed by atoms with E-state index in [1.54, 1.807) is 0 Å². The molecule has 0 spiro atoms. The Labute approximate surface area is 121 Å². The predicted octanol–water partition coefficient (Wildman–Crippen LogP) is 3.72. The Morgan fingerprint density at radius 1 is 1.14 bits per heavy atom. The van der Waals surface area contributed by atoms with Crippen LogP contribution in [0, 0.1) is 5.92 Å². The van der Waals surface area contributed by atoms with Gasteiger partial charge in [0.2, 0.25) is 0 Å². The van der Waals surface area contributed by atoms with E-state index in [0.717, 1.165) is 49.3 Å². The molecule has 2 aliphatic rings. The minimum absolute atomic E-state index is 0.101. The number of aromatic nitrogens is 2. The number of alkyl halides is 3. The zero-order chi connectivity index (χ0) is 15.0. The summed E-state index contributed by atoms with van der Waals surface area (Å²) in [6.45, 7) is 0.322. The highest BCUT2D eigenvalue weighted by atomic mass is 19.4. The second-order valence-electron chi connectivity index (χ2n) is 6.25. The molecule has 0 bridgehead atoms. The Kier molecular flexibility index (Phi) is 3.80. The van der Waals surface area contributed by atoms with Gasteiger partial charge in [0, 0.05) is 12.5 Å². The van der Waals surface area contributed by atoms with Gasteiger partial charge in [0.05, 0.1) is 5.69 Å². The van der Waals surface area contributed by atoms with E-state index in [1.165, 1.54) is 6.42 Å². The number of rotatable bonds is 3. The molecule has 0 radical (unpaired) electrons. The summed E-state index contributed by atoms with van der Waals surface area (Å²) >= 11 is 0. The fourth-order valence-corrected chi connectivity index (χ4v) is 3.08. The van der Waals surface area contributed by atoms with E-state index < -0.39 is 17.3 Å². The molecule has 2 saturated carbocycles. The van der Waals surface area contributed by atoms with Gasteiger partial charge in [-0.2, -0.15) is 18.3 Å². The Balaban J connectivity index is 1.93. The van der Waals surface area contributed by atoms with Crippen molar-refractivity contribution in [1.29, 1.82) is 0 Å². The third-order valence-electron chi connectivity index (χ3n) is 4.45. The topological polar surface area (TPSA) is 34.9 Å². The first kappa shape index (κ1) is 14.6. The van der Waals surface area contributed by atoms with Crippen LogP contribution in [0.5, 0.6) is 0 Å². The highest BCUT2D eigenvalue weighted by Gasteiger charge is 2.37. The van der Waals surface area contributed by atoms with Crippen molar-refractivity contribution >= 4 is 0 Å². The van der Waals surface area contributed by atoms with E-state index in [0.29, 0.717) is 12.2 Å². The average Bonchev–Trinajstić information content (AvgIpc) is 3.25. The van der Waals surface area contributed by atoms with E-state index >= 15 is 0 Å². The van der Waals surface area contributed by atoms with Crippen LogP contribution in [0.2, 0.25) is 0 Å². The van der Waals surface area contributed by atoms with Gasteiger partial charge in [-0.3, -0.25) is 4.79 Å². The summed E-state index contributed by atoms with van der Waals surface area (Å²) < 4.78 is 40.2. The molecule has 0 atom stereocenters. The van der Waals surface area contributed by atoms with Crippen molar-refractivity contribution in [2.24, 2.45) is 5.92 Å². The minimum atomic E-state index is -4.60. The Morgan fingerprint density at radius 2 is 1.81 bits per heavy atom. The van der Waals surface area contributed by atoms with Crippen LogP contribution in [0.15, 0.2) is 10.9 Å². The summed E-state index contributed by atoms with van der Waals surface area (Å²) in [5.74, 6) is 0.379. The average molecular weight is 300 g/mol. The Morgan fingerprint density at radius 3 is 2.38 bits per heavy atom. The standard InChI is InChI=1S/C15H19F3N2O/c16-15(17,18)12-8-13(11-6-7-11)19-20(14(12)21)9-10-4-2-1-3-5-10/h8,10-11H,1-7,9H2. The molecule has 1 aromatic heterocycles. The summed E-state index contributed by atoms with van der Waals surface area (Å²) in [5.41, 5.74) is -1.62. The first-order valence-corrected chi connectivity index (χ1v) is 7.64. The van der Waals surface area contributed by atoms with Gasteiger partial charge in [-0.15, -0.1) is 0 Å². The molecule has 3 nitrogen and oxygen atoms in total. The zero-order valence-corrected chi connectivity index (χ0v) is 11.8. The van der Waals surface area contributed by atoms with Crippen molar-refractivity contribution in [2.45, 2.75) is 63.6 Å². The monoisotopic (exact) mass is 300 g/mol. The van der Waals surface area contributed by atoms with Gasteiger partial charge < -0.3 is 0 Å². The molecule has 1 aromatic rings.